The molecule has 100 valence electrons. The average molecular weight is 259 g/mol. The van der Waals surface area contributed by atoms with E-state index in [0.717, 1.165) is 49.3 Å². The number of aryl methyl sites for hydroxylation is 1. The summed E-state index contributed by atoms with van der Waals surface area (Å²) in [5.41, 5.74) is 1.98. The minimum atomic E-state index is -0.226. The molecule has 1 aliphatic rings. The maximum absolute atomic E-state index is 13.3. The summed E-state index contributed by atoms with van der Waals surface area (Å²) in [5, 5.41) is 4.35. The zero-order valence-corrected chi connectivity index (χ0v) is 11.1. The molecule has 1 N–H and O–H groups in total. The Bertz CT molecular complexity index is 591. The Morgan fingerprint density at radius 1 is 1.26 bits per heavy atom. The number of hydrogen-bond acceptors (Lipinski definition) is 3. The topological polar surface area (TPSA) is 28.2 Å². The van der Waals surface area contributed by atoms with Gasteiger partial charge in [-0.05, 0) is 30.2 Å². The number of aromatic nitrogens is 1. The van der Waals surface area contributed by atoms with Gasteiger partial charge in [-0.3, -0.25) is 0 Å². The number of anilines is 1. The molecule has 1 aromatic carbocycles. The van der Waals surface area contributed by atoms with Gasteiger partial charge in [0.15, 0.2) is 0 Å². The number of pyridine rings is 1. The van der Waals surface area contributed by atoms with Crippen molar-refractivity contribution in [1.82, 2.24) is 10.3 Å². The number of benzene rings is 1. The van der Waals surface area contributed by atoms with E-state index in [-0.39, 0.29) is 5.82 Å². The predicted molar refractivity (Wildman–Crippen MR) is 76.2 cm³/mol. The molecule has 0 spiro atoms. The van der Waals surface area contributed by atoms with Gasteiger partial charge < -0.3 is 10.2 Å². The van der Waals surface area contributed by atoms with Crippen LogP contribution in [0.4, 0.5) is 10.2 Å². The summed E-state index contributed by atoms with van der Waals surface area (Å²) < 4.78 is 13.3. The highest BCUT2D eigenvalue weighted by molar-refractivity contribution is 5.82. The van der Waals surface area contributed by atoms with Crippen LogP contribution in [-0.2, 0) is 6.42 Å². The van der Waals surface area contributed by atoms with Gasteiger partial charge in [0, 0.05) is 37.6 Å². The normalized spacial score (nSPS) is 16.0. The standard InChI is InChI=1S/C15H18FN3/c1-2-11-9-12-3-4-13(16)10-14(12)18-15(11)19-7-5-17-6-8-19/h3-4,9-10,17H,2,5-8H2,1H3. The first kappa shape index (κ1) is 12.4. The van der Waals surface area contributed by atoms with Crippen molar-refractivity contribution in [2.24, 2.45) is 0 Å². The summed E-state index contributed by atoms with van der Waals surface area (Å²) in [7, 11) is 0. The number of hydrogen-bond donors (Lipinski definition) is 1. The lowest BCUT2D eigenvalue weighted by Gasteiger charge is -2.30. The van der Waals surface area contributed by atoms with E-state index >= 15 is 0 Å². The van der Waals surface area contributed by atoms with Gasteiger partial charge in [-0.25, -0.2) is 9.37 Å². The molecule has 0 atom stereocenters. The fraction of sp³-hybridized carbons (Fsp3) is 0.400. The lowest BCUT2D eigenvalue weighted by atomic mass is 10.1. The Labute approximate surface area is 112 Å². The molecule has 1 saturated heterocycles. The first-order valence-corrected chi connectivity index (χ1v) is 6.83. The zero-order valence-electron chi connectivity index (χ0n) is 11.1. The van der Waals surface area contributed by atoms with Crippen molar-refractivity contribution in [3.05, 3.63) is 35.6 Å². The van der Waals surface area contributed by atoms with E-state index in [4.69, 9.17) is 0 Å². The quantitative estimate of drug-likeness (QED) is 0.897. The molecule has 0 unspecified atom stereocenters. The smallest absolute Gasteiger partial charge is 0.132 e. The second-order valence-electron chi connectivity index (χ2n) is 4.90. The Hall–Kier alpha value is -1.68. The number of piperazine rings is 1. The third-order valence-corrected chi connectivity index (χ3v) is 3.63. The monoisotopic (exact) mass is 259 g/mol. The molecule has 0 aliphatic carbocycles. The molecule has 1 aromatic heterocycles. The van der Waals surface area contributed by atoms with E-state index in [1.807, 2.05) is 0 Å². The second-order valence-corrected chi connectivity index (χ2v) is 4.90. The van der Waals surface area contributed by atoms with Crippen molar-refractivity contribution in [3.8, 4) is 0 Å². The van der Waals surface area contributed by atoms with Crippen LogP contribution in [0, 0.1) is 5.82 Å². The van der Waals surface area contributed by atoms with Crippen molar-refractivity contribution in [2.45, 2.75) is 13.3 Å². The van der Waals surface area contributed by atoms with Crippen molar-refractivity contribution in [3.63, 3.8) is 0 Å². The summed E-state index contributed by atoms with van der Waals surface area (Å²) in [4.78, 5) is 6.98. The number of halogens is 1. The predicted octanol–water partition coefficient (Wildman–Crippen LogP) is 2.35. The third kappa shape index (κ3) is 2.40. The maximum atomic E-state index is 13.3. The van der Waals surface area contributed by atoms with Gasteiger partial charge >= 0.3 is 0 Å². The molecule has 3 nitrogen and oxygen atoms in total. The molecule has 0 amide bonds. The Balaban J connectivity index is 2.10. The zero-order chi connectivity index (χ0) is 13.2. The number of nitrogens with one attached hydrogen (secondary N) is 1. The van der Waals surface area contributed by atoms with Crippen LogP contribution in [0.2, 0.25) is 0 Å². The van der Waals surface area contributed by atoms with Crippen LogP contribution in [0.1, 0.15) is 12.5 Å². The van der Waals surface area contributed by atoms with Crippen molar-refractivity contribution < 1.29 is 4.39 Å². The SMILES string of the molecule is CCc1cc2ccc(F)cc2nc1N1CCNCC1. The summed E-state index contributed by atoms with van der Waals surface area (Å²) in [6, 6.07) is 6.95. The van der Waals surface area contributed by atoms with Crippen LogP contribution in [0.25, 0.3) is 10.9 Å². The van der Waals surface area contributed by atoms with Crippen LogP contribution in [0.3, 0.4) is 0 Å². The van der Waals surface area contributed by atoms with Gasteiger partial charge in [0.1, 0.15) is 11.6 Å². The Morgan fingerprint density at radius 2 is 2.05 bits per heavy atom. The molecule has 0 radical (unpaired) electrons. The van der Waals surface area contributed by atoms with Gasteiger partial charge in [0.25, 0.3) is 0 Å². The van der Waals surface area contributed by atoms with Gasteiger partial charge in [-0.15, -0.1) is 0 Å². The minimum absolute atomic E-state index is 0.226. The first-order valence-electron chi connectivity index (χ1n) is 6.83. The summed E-state index contributed by atoms with van der Waals surface area (Å²) in [6.07, 6.45) is 0.944. The van der Waals surface area contributed by atoms with Gasteiger partial charge in [-0.1, -0.05) is 6.92 Å². The lowest BCUT2D eigenvalue weighted by molar-refractivity contribution is 0.584. The van der Waals surface area contributed by atoms with E-state index in [9.17, 15) is 4.39 Å². The molecule has 2 heterocycles. The Morgan fingerprint density at radius 3 is 2.79 bits per heavy atom. The van der Waals surface area contributed by atoms with Crippen molar-refractivity contribution in [2.75, 3.05) is 31.1 Å². The van der Waals surface area contributed by atoms with E-state index in [1.165, 1.54) is 17.7 Å². The minimum Gasteiger partial charge on any atom is -0.354 e. The van der Waals surface area contributed by atoms with Crippen LogP contribution in [0.15, 0.2) is 24.3 Å². The molecule has 0 bridgehead atoms. The fourth-order valence-electron chi connectivity index (χ4n) is 2.58. The van der Waals surface area contributed by atoms with E-state index in [1.54, 1.807) is 6.07 Å². The molecule has 4 heteroatoms. The van der Waals surface area contributed by atoms with Crippen molar-refractivity contribution in [1.29, 1.82) is 0 Å². The highest BCUT2D eigenvalue weighted by Gasteiger charge is 2.16. The van der Waals surface area contributed by atoms with Crippen LogP contribution in [-0.4, -0.2) is 31.2 Å². The van der Waals surface area contributed by atoms with Crippen molar-refractivity contribution >= 4 is 16.7 Å². The van der Waals surface area contributed by atoms with Gasteiger partial charge in [-0.2, -0.15) is 0 Å². The van der Waals surface area contributed by atoms with Gasteiger partial charge in [0.05, 0.1) is 5.52 Å². The van der Waals surface area contributed by atoms with E-state index < -0.39 is 0 Å². The average Bonchev–Trinajstić information content (AvgIpc) is 2.46. The maximum Gasteiger partial charge on any atom is 0.132 e. The second kappa shape index (κ2) is 5.13. The van der Waals surface area contributed by atoms with Crippen LogP contribution >= 0.6 is 0 Å². The molecule has 0 saturated carbocycles. The summed E-state index contributed by atoms with van der Waals surface area (Å²) in [5.74, 6) is 0.789. The van der Waals surface area contributed by atoms with Crippen LogP contribution in [0.5, 0.6) is 0 Å². The molecule has 2 aromatic rings. The van der Waals surface area contributed by atoms with Gasteiger partial charge in [0.2, 0.25) is 0 Å². The number of nitrogens with zero attached hydrogens (tertiary/aromatic N) is 2. The molecular weight excluding hydrogens is 241 g/mol. The number of rotatable bonds is 2. The van der Waals surface area contributed by atoms with Crippen LogP contribution < -0.4 is 10.2 Å². The first-order chi connectivity index (χ1) is 9.28. The highest BCUT2D eigenvalue weighted by atomic mass is 19.1. The number of fused-ring (bicyclic) bond motifs is 1. The molecule has 3 rings (SSSR count). The molecule has 1 fully saturated rings. The highest BCUT2D eigenvalue weighted by Crippen LogP contribution is 2.25. The van der Waals surface area contributed by atoms with E-state index in [0.29, 0.717) is 0 Å². The van der Waals surface area contributed by atoms with E-state index in [2.05, 4.69) is 28.2 Å². The summed E-state index contributed by atoms with van der Waals surface area (Å²) in [6.45, 7) is 6.01. The Kier molecular flexibility index (Phi) is 3.34. The largest absolute Gasteiger partial charge is 0.354 e. The fourth-order valence-corrected chi connectivity index (χ4v) is 2.58. The third-order valence-electron chi connectivity index (χ3n) is 3.63. The summed E-state index contributed by atoms with van der Waals surface area (Å²) >= 11 is 0. The molecular formula is C15H18FN3. The lowest BCUT2D eigenvalue weighted by Crippen LogP contribution is -2.44. The molecule has 19 heavy (non-hydrogen) atoms. The molecule has 1 aliphatic heterocycles.